The molecule has 1 amide bonds. The summed E-state index contributed by atoms with van der Waals surface area (Å²) in [4.78, 5) is 12.3. The summed E-state index contributed by atoms with van der Waals surface area (Å²) in [5.41, 5.74) is 0.851. The third kappa shape index (κ3) is 4.18. The smallest absolute Gasteiger partial charge is 0.257 e. The molecule has 134 valence electrons. The molecule has 0 spiro atoms. The Morgan fingerprint density at radius 2 is 1.81 bits per heavy atom. The molecule has 1 heterocycles. The van der Waals surface area contributed by atoms with Crippen molar-refractivity contribution in [1.29, 1.82) is 0 Å². The van der Waals surface area contributed by atoms with Crippen molar-refractivity contribution in [2.45, 2.75) is 0 Å². The fourth-order valence-electron chi connectivity index (χ4n) is 2.31. The normalized spacial score (nSPS) is 10.4. The maximum Gasteiger partial charge on any atom is 0.257 e. The maximum atomic E-state index is 13.0. The van der Waals surface area contributed by atoms with E-state index in [4.69, 9.17) is 14.0 Å². The Labute approximate surface area is 149 Å². The first-order chi connectivity index (χ1) is 12.7. The monoisotopic (exact) mass is 356 g/mol. The van der Waals surface area contributed by atoms with Crippen molar-refractivity contribution >= 4 is 5.91 Å². The lowest BCUT2D eigenvalue weighted by Crippen LogP contribution is -2.28. The molecular formula is C19H17FN2O4. The van der Waals surface area contributed by atoms with E-state index >= 15 is 0 Å². The average molecular weight is 356 g/mol. The highest BCUT2D eigenvalue weighted by atomic mass is 19.1. The van der Waals surface area contributed by atoms with E-state index in [-0.39, 0.29) is 17.3 Å². The Kier molecular flexibility index (Phi) is 5.48. The van der Waals surface area contributed by atoms with Crippen LogP contribution in [0.3, 0.4) is 0 Å². The number of aromatic nitrogens is 1. The van der Waals surface area contributed by atoms with Gasteiger partial charge in [0.2, 0.25) is 0 Å². The SMILES string of the molecule is COc1ccc(OCCNC(=O)c2cnoc2-c2ccc(F)cc2)cc1. The van der Waals surface area contributed by atoms with E-state index in [9.17, 15) is 9.18 Å². The standard InChI is InChI=1S/C19H17FN2O4/c1-24-15-6-8-16(9-7-15)25-11-10-21-19(23)17-12-22-26-18(17)13-2-4-14(20)5-3-13/h2-9,12H,10-11H2,1H3,(H,21,23). The van der Waals surface area contributed by atoms with Crippen LogP contribution in [0.1, 0.15) is 10.4 Å². The molecule has 0 fully saturated rings. The van der Waals surface area contributed by atoms with Crippen LogP contribution < -0.4 is 14.8 Å². The van der Waals surface area contributed by atoms with Crippen molar-refractivity contribution < 1.29 is 23.2 Å². The molecule has 26 heavy (non-hydrogen) atoms. The lowest BCUT2D eigenvalue weighted by molar-refractivity contribution is 0.0947. The molecule has 3 aromatic rings. The predicted molar refractivity (Wildman–Crippen MR) is 92.7 cm³/mol. The van der Waals surface area contributed by atoms with Gasteiger partial charge < -0.3 is 19.3 Å². The van der Waals surface area contributed by atoms with Gasteiger partial charge in [-0.3, -0.25) is 4.79 Å². The number of hydrogen-bond donors (Lipinski definition) is 1. The second-order valence-corrected chi connectivity index (χ2v) is 5.36. The second kappa shape index (κ2) is 8.15. The first kappa shape index (κ1) is 17.5. The molecule has 6 nitrogen and oxygen atoms in total. The fourth-order valence-corrected chi connectivity index (χ4v) is 2.31. The Bertz CT molecular complexity index is 860. The third-order valence-corrected chi connectivity index (χ3v) is 3.64. The molecular weight excluding hydrogens is 339 g/mol. The first-order valence-corrected chi connectivity index (χ1v) is 7.93. The third-order valence-electron chi connectivity index (χ3n) is 3.64. The second-order valence-electron chi connectivity index (χ2n) is 5.36. The van der Waals surface area contributed by atoms with Gasteiger partial charge in [-0.15, -0.1) is 0 Å². The molecule has 1 N–H and O–H groups in total. The molecule has 0 aliphatic carbocycles. The molecule has 0 unspecified atom stereocenters. The molecule has 2 aromatic carbocycles. The van der Waals surface area contributed by atoms with Crippen LogP contribution in [0.25, 0.3) is 11.3 Å². The number of methoxy groups -OCH3 is 1. The summed E-state index contributed by atoms with van der Waals surface area (Å²) in [6, 6.07) is 12.8. The Morgan fingerprint density at radius 1 is 1.12 bits per heavy atom. The van der Waals surface area contributed by atoms with Crippen LogP contribution in [-0.2, 0) is 0 Å². The number of halogens is 1. The van der Waals surface area contributed by atoms with E-state index in [0.717, 1.165) is 5.75 Å². The van der Waals surface area contributed by atoms with Crippen LogP contribution in [0.15, 0.2) is 59.3 Å². The van der Waals surface area contributed by atoms with Crippen LogP contribution in [0, 0.1) is 5.82 Å². The van der Waals surface area contributed by atoms with Gasteiger partial charge in [0.05, 0.1) is 19.9 Å². The highest BCUT2D eigenvalue weighted by molar-refractivity contribution is 5.99. The number of nitrogens with zero attached hydrogens (tertiary/aromatic N) is 1. The Hall–Kier alpha value is -3.35. The summed E-state index contributed by atoms with van der Waals surface area (Å²) < 4.78 is 28.8. The van der Waals surface area contributed by atoms with Gasteiger partial charge in [-0.1, -0.05) is 5.16 Å². The predicted octanol–water partition coefficient (Wildman–Crippen LogP) is 3.30. The van der Waals surface area contributed by atoms with Gasteiger partial charge in [0.15, 0.2) is 5.76 Å². The van der Waals surface area contributed by atoms with Crippen LogP contribution >= 0.6 is 0 Å². The maximum absolute atomic E-state index is 13.0. The highest BCUT2D eigenvalue weighted by Gasteiger charge is 2.17. The zero-order valence-electron chi connectivity index (χ0n) is 14.1. The van der Waals surface area contributed by atoms with Gasteiger partial charge in [-0.25, -0.2) is 4.39 Å². The summed E-state index contributed by atoms with van der Waals surface area (Å²) in [7, 11) is 1.59. The van der Waals surface area contributed by atoms with E-state index < -0.39 is 0 Å². The minimum Gasteiger partial charge on any atom is -0.497 e. The van der Waals surface area contributed by atoms with Gasteiger partial charge >= 0.3 is 0 Å². The zero-order chi connectivity index (χ0) is 18.4. The minimum atomic E-state index is -0.366. The lowest BCUT2D eigenvalue weighted by atomic mass is 10.1. The lowest BCUT2D eigenvalue weighted by Gasteiger charge is -2.08. The zero-order valence-corrected chi connectivity index (χ0v) is 14.1. The summed E-state index contributed by atoms with van der Waals surface area (Å²) in [5, 5.41) is 6.40. The fraction of sp³-hybridized carbons (Fsp3) is 0.158. The van der Waals surface area contributed by atoms with Crippen molar-refractivity contribution in [2.75, 3.05) is 20.3 Å². The number of nitrogens with one attached hydrogen (secondary N) is 1. The molecule has 0 radical (unpaired) electrons. The number of benzene rings is 2. The number of ether oxygens (including phenoxy) is 2. The van der Waals surface area contributed by atoms with Crippen molar-refractivity contribution in [3.8, 4) is 22.8 Å². The molecule has 0 aliphatic rings. The van der Waals surface area contributed by atoms with Crippen LogP contribution in [0.2, 0.25) is 0 Å². The molecule has 0 aliphatic heterocycles. The number of rotatable bonds is 7. The minimum absolute atomic E-state index is 0.279. The summed E-state index contributed by atoms with van der Waals surface area (Å²) in [6.07, 6.45) is 1.33. The van der Waals surface area contributed by atoms with E-state index in [0.29, 0.717) is 30.2 Å². The van der Waals surface area contributed by atoms with Gasteiger partial charge in [-0.05, 0) is 48.5 Å². The van der Waals surface area contributed by atoms with Crippen LogP contribution in [0.5, 0.6) is 11.5 Å². The van der Waals surface area contributed by atoms with Gasteiger partial charge in [-0.2, -0.15) is 0 Å². The van der Waals surface area contributed by atoms with Crippen molar-refractivity contribution in [3.63, 3.8) is 0 Å². The van der Waals surface area contributed by atoms with Gasteiger partial charge in [0, 0.05) is 5.56 Å². The van der Waals surface area contributed by atoms with E-state index in [1.165, 1.54) is 30.5 Å². The van der Waals surface area contributed by atoms with E-state index in [1.807, 2.05) is 0 Å². The first-order valence-electron chi connectivity index (χ1n) is 7.93. The Balaban J connectivity index is 1.54. The van der Waals surface area contributed by atoms with Crippen LogP contribution in [0.4, 0.5) is 4.39 Å². The number of amides is 1. The highest BCUT2D eigenvalue weighted by Crippen LogP contribution is 2.23. The van der Waals surface area contributed by atoms with Crippen molar-refractivity contribution in [3.05, 3.63) is 66.1 Å². The van der Waals surface area contributed by atoms with Crippen molar-refractivity contribution in [1.82, 2.24) is 10.5 Å². The largest absolute Gasteiger partial charge is 0.497 e. The van der Waals surface area contributed by atoms with Gasteiger partial charge in [0.25, 0.3) is 5.91 Å². The quantitative estimate of drug-likeness (QED) is 0.658. The average Bonchev–Trinajstić information content (AvgIpc) is 3.16. The number of carbonyl (C=O) groups is 1. The van der Waals surface area contributed by atoms with Crippen LogP contribution in [-0.4, -0.2) is 31.3 Å². The Morgan fingerprint density at radius 3 is 2.50 bits per heavy atom. The molecule has 1 aromatic heterocycles. The molecule has 0 atom stereocenters. The van der Waals surface area contributed by atoms with E-state index in [1.54, 1.807) is 31.4 Å². The summed E-state index contributed by atoms with van der Waals surface area (Å²) in [5.74, 6) is 1.00. The molecule has 7 heteroatoms. The number of carbonyl (C=O) groups excluding carboxylic acids is 1. The summed E-state index contributed by atoms with van der Waals surface area (Å²) in [6.45, 7) is 0.605. The topological polar surface area (TPSA) is 73.6 Å². The summed E-state index contributed by atoms with van der Waals surface area (Å²) >= 11 is 0. The van der Waals surface area contributed by atoms with Crippen molar-refractivity contribution in [2.24, 2.45) is 0 Å². The number of hydrogen-bond acceptors (Lipinski definition) is 5. The van der Waals surface area contributed by atoms with Gasteiger partial charge in [0.1, 0.15) is 29.5 Å². The molecule has 0 saturated heterocycles. The molecule has 0 saturated carbocycles. The molecule has 0 bridgehead atoms. The van der Waals surface area contributed by atoms with E-state index in [2.05, 4.69) is 10.5 Å². The molecule has 3 rings (SSSR count).